The summed E-state index contributed by atoms with van der Waals surface area (Å²) in [6.07, 6.45) is 1.39. The third-order valence-corrected chi connectivity index (χ3v) is 0.737. The van der Waals surface area contributed by atoms with Crippen LogP contribution in [0.15, 0.2) is 12.3 Å². The van der Waals surface area contributed by atoms with Crippen molar-refractivity contribution in [1.82, 2.24) is 10.2 Å². The highest BCUT2D eigenvalue weighted by atomic mass is 19.1. The van der Waals surface area contributed by atoms with E-state index in [0.717, 1.165) is 0 Å². The Hall–Kier alpha value is -1.19. The van der Waals surface area contributed by atoms with Crippen molar-refractivity contribution in [1.29, 1.82) is 5.41 Å². The number of H-pyrrole nitrogens is 1. The van der Waals surface area contributed by atoms with Crippen LogP contribution < -0.4 is 0 Å². The zero-order chi connectivity index (χ0) is 5.98. The molecule has 1 aromatic heterocycles. The van der Waals surface area contributed by atoms with Crippen LogP contribution in [0.1, 0.15) is 5.69 Å². The first-order valence-corrected chi connectivity index (χ1v) is 2.04. The second kappa shape index (κ2) is 1.73. The maximum atomic E-state index is 11.8. The molecule has 1 heterocycles. The highest BCUT2D eigenvalue weighted by molar-refractivity contribution is 5.88. The fourth-order valence-electron chi connectivity index (χ4n) is 0.378. The largest absolute Gasteiger partial charge is 0.274 e. The summed E-state index contributed by atoms with van der Waals surface area (Å²) in [5.41, 5.74) is 0.116. The first-order valence-electron chi connectivity index (χ1n) is 2.04. The average molecular weight is 113 g/mol. The van der Waals surface area contributed by atoms with Gasteiger partial charge in [0.2, 0.25) is 5.97 Å². The zero-order valence-corrected chi connectivity index (χ0v) is 3.98. The molecule has 3 nitrogen and oxygen atoms in total. The number of hydrogen-bond acceptors (Lipinski definition) is 2. The molecule has 4 heteroatoms. The van der Waals surface area contributed by atoms with Crippen molar-refractivity contribution in [2.45, 2.75) is 0 Å². The van der Waals surface area contributed by atoms with Gasteiger partial charge < -0.3 is 0 Å². The summed E-state index contributed by atoms with van der Waals surface area (Å²) in [6, 6.07) is 1.39. The van der Waals surface area contributed by atoms with E-state index in [0.29, 0.717) is 0 Å². The van der Waals surface area contributed by atoms with E-state index in [4.69, 9.17) is 5.41 Å². The molecule has 0 spiro atoms. The summed E-state index contributed by atoms with van der Waals surface area (Å²) in [6.45, 7) is 0. The lowest BCUT2D eigenvalue weighted by molar-refractivity contribution is 0.789. The van der Waals surface area contributed by atoms with Crippen LogP contribution in [0.4, 0.5) is 4.39 Å². The Balaban J connectivity index is 2.93. The minimum Gasteiger partial charge on any atom is -0.274 e. The van der Waals surface area contributed by atoms with Crippen molar-refractivity contribution >= 4 is 5.97 Å². The Kier molecular flexibility index (Phi) is 1.07. The number of rotatable bonds is 1. The molecule has 0 unspecified atom stereocenters. The molecule has 8 heavy (non-hydrogen) atoms. The van der Waals surface area contributed by atoms with E-state index in [1.807, 2.05) is 0 Å². The van der Waals surface area contributed by atoms with Crippen LogP contribution in [0.25, 0.3) is 0 Å². The highest BCUT2D eigenvalue weighted by Crippen LogP contribution is 1.92. The third kappa shape index (κ3) is 0.726. The Bertz CT molecular complexity index is 179. The molecule has 0 fully saturated rings. The lowest BCUT2D eigenvalue weighted by atomic mass is 10.5. The molecule has 0 amide bonds. The van der Waals surface area contributed by atoms with Gasteiger partial charge in [0, 0.05) is 6.20 Å². The molecule has 0 aliphatic rings. The summed E-state index contributed by atoms with van der Waals surface area (Å²) >= 11 is 0. The minimum atomic E-state index is -0.984. The number of aromatic nitrogens is 2. The summed E-state index contributed by atoms with van der Waals surface area (Å²) < 4.78 is 11.8. The summed E-state index contributed by atoms with van der Waals surface area (Å²) in [5.74, 6) is -0.984. The molecule has 0 bridgehead atoms. The van der Waals surface area contributed by atoms with Gasteiger partial charge in [-0.15, -0.1) is 0 Å². The predicted molar refractivity (Wildman–Crippen MR) is 26.5 cm³/mol. The smallest absolute Gasteiger partial charge is 0.230 e. The van der Waals surface area contributed by atoms with Gasteiger partial charge in [-0.1, -0.05) is 0 Å². The third-order valence-electron chi connectivity index (χ3n) is 0.737. The fourth-order valence-corrected chi connectivity index (χ4v) is 0.378. The van der Waals surface area contributed by atoms with Crippen molar-refractivity contribution in [3.05, 3.63) is 18.0 Å². The van der Waals surface area contributed by atoms with Crippen LogP contribution in [0, 0.1) is 5.41 Å². The molecule has 0 saturated carbocycles. The van der Waals surface area contributed by atoms with Crippen LogP contribution in [0.5, 0.6) is 0 Å². The number of aromatic amines is 1. The molecule has 0 saturated heterocycles. The number of halogens is 1. The van der Waals surface area contributed by atoms with Crippen molar-refractivity contribution in [2.24, 2.45) is 0 Å². The van der Waals surface area contributed by atoms with Gasteiger partial charge in [0.25, 0.3) is 0 Å². The lowest BCUT2D eigenvalue weighted by Crippen LogP contribution is -1.88. The quantitative estimate of drug-likeness (QED) is 0.517. The van der Waals surface area contributed by atoms with Crippen molar-refractivity contribution in [3.63, 3.8) is 0 Å². The summed E-state index contributed by atoms with van der Waals surface area (Å²) in [4.78, 5) is 0. The van der Waals surface area contributed by atoms with Crippen molar-refractivity contribution in [3.8, 4) is 0 Å². The van der Waals surface area contributed by atoms with Gasteiger partial charge in [-0.25, -0.2) is 0 Å². The fraction of sp³-hybridized carbons (Fsp3) is 0. The molecule has 42 valence electrons. The van der Waals surface area contributed by atoms with E-state index >= 15 is 0 Å². The van der Waals surface area contributed by atoms with Crippen LogP contribution in [0.2, 0.25) is 0 Å². The zero-order valence-electron chi connectivity index (χ0n) is 3.98. The molecule has 0 aliphatic carbocycles. The summed E-state index contributed by atoms with van der Waals surface area (Å²) in [7, 11) is 0. The Morgan fingerprint density at radius 1 is 1.88 bits per heavy atom. The van der Waals surface area contributed by atoms with Gasteiger partial charge in [-0.05, 0) is 6.07 Å². The first-order chi connectivity index (χ1) is 3.80. The van der Waals surface area contributed by atoms with E-state index in [9.17, 15) is 4.39 Å². The standard InChI is InChI=1S/C4H4FN3/c5-4(6)3-1-2-7-8-3/h1-2,6H,(H,7,8). The number of nitrogens with zero attached hydrogens (tertiary/aromatic N) is 1. The van der Waals surface area contributed by atoms with E-state index in [-0.39, 0.29) is 5.69 Å². The van der Waals surface area contributed by atoms with Crippen molar-refractivity contribution in [2.75, 3.05) is 0 Å². The topological polar surface area (TPSA) is 52.5 Å². The normalized spacial score (nSPS) is 9.12. The van der Waals surface area contributed by atoms with Crippen LogP contribution >= 0.6 is 0 Å². The van der Waals surface area contributed by atoms with Gasteiger partial charge in [0.05, 0.1) is 0 Å². The Labute approximate surface area is 45.0 Å². The molecule has 0 radical (unpaired) electrons. The minimum absolute atomic E-state index is 0.116. The van der Waals surface area contributed by atoms with Crippen LogP contribution in [-0.2, 0) is 0 Å². The maximum Gasteiger partial charge on any atom is 0.230 e. The van der Waals surface area contributed by atoms with Gasteiger partial charge in [0.15, 0.2) is 0 Å². The van der Waals surface area contributed by atoms with E-state index in [2.05, 4.69) is 10.2 Å². The molecule has 0 aromatic carbocycles. The van der Waals surface area contributed by atoms with Crippen LogP contribution in [-0.4, -0.2) is 16.2 Å². The van der Waals surface area contributed by atoms with Gasteiger partial charge in [-0.3, -0.25) is 10.5 Å². The molecular weight excluding hydrogens is 109 g/mol. The SMILES string of the molecule is N=C(F)c1ccn[nH]1. The number of nitrogens with one attached hydrogen (secondary N) is 2. The van der Waals surface area contributed by atoms with E-state index in [1.165, 1.54) is 12.3 Å². The second-order valence-electron chi connectivity index (χ2n) is 1.28. The Morgan fingerprint density at radius 3 is 2.88 bits per heavy atom. The van der Waals surface area contributed by atoms with Gasteiger partial charge in [-0.2, -0.15) is 9.49 Å². The first kappa shape index (κ1) is 4.96. The monoisotopic (exact) mass is 113 g/mol. The predicted octanol–water partition coefficient (Wildman–Crippen LogP) is 0.705. The maximum absolute atomic E-state index is 11.8. The van der Waals surface area contributed by atoms with E-state index in [1.54, 1.807) is 0 Å². The molecule has 1 rings (SSSR count). The van der Waals surface area contributed by atoms with Crippen molar-refractivity contribution < 1.29 is 4.39 Å². The lowest BCUT2D eigenvalue weighted by Gasteiger charge is -1.79. The molecule has 2 N–H and O–H groups in total. The molecule has 1 aromatic rings. The Morgan fingerprint density at radius 2 is 2.62 bits per heavy atom. The van der Waals surface area contributed by atoms with E-state index < -0.39 is 5.97 Å². The average Bonchev–Trinajstić information content (AvgIpc) is 2.12. The molecular formula is C4H4FN3. The highest BCUT2D eigenvalue weighted by Gasteiger charge is 1.96. The molecule has 0 aliphatic heterocycles. The van der Waals surface area contributed by atoms with Crippen LogP contribution in [0.3, 0.4) is 0 Å². The van der Waals surface area contributed by atoms with Gasteiger partial charge in [0.1, 0.15) is 5.69 Å². The number of hydrogen-bond donors (Lipinski definition) is 2. The van der Waals surface area contributed by atoms with Gasteiger partial charge >= 0.3 is 0 Å². The summed E-state index contributed by atoms with van der Waals surface area (Å²) in [5, 5.41) is 12.1. The second-order valence-corrected chi connectivity index (χ2v) is 1.28. The molecule has 0 atom stereocenters.